The summed E-state index contributed by atoms with van der Waals surface area (Å²) < 4.78 is 13.2. The standard InChI is InChI=1S/C18H29N3O3/c1-18(2,3)24-17(22)20-11-8-13(9-12-20)15-14-7-5-6-10-21(14)19-16(15)23-4/h13H,5-12H2,1-4H3. The lowest BCUT2D eigenvalue weighted by Crippen LogP contribution is -2.41. The molecule has 0 aromatic carbocycles. The van der Waals surface area contributed by atoms with Crippen LogP contribution in [-0.2, 0) is 17.7 Å². The number of piperidine rings is 1. The summed E-state index contributed by atoms with van der Waals surface area (Å²) in [5.41, 5.74) is 2.18. The quantitative estimate of drug-likeness (QED) is 0.832. The number of methoxy groups -OCH3 is 1. The minimum absolute atomic E-state index is 0.204. The average Bonchev–Trinajstić information content (AvgIpc) is 2.92. The minimum Gasteiger partial charge on any atom is -0.480 e. The number of rotatable bonds is 2. The van der Waals surface area contributed by atoms with Gasteiger partial charge in [0.15, 0.2) is 0 Å². The van der Waals surface area contributed by atoms with Crippen molar-refractivity contribution in [3.05, 3.63) is 11.3 Å². The molecule has 3 heterocycles. The van der Waals surface area contributed by atoms with Gasteiger partial charge in [-0.1, -0.05) is 0 Å². The number of amides is 1. The van der Waals surface area contributed by atoms with E-state index in [-0.39, 0.29) is 6.09 Å². The number of aryl methyl sites for hydroxylation is 1. The Kier molecular flexibility index (Phi) is 4.74. The Labute approximate surface area is 144 Å². The maximum absolute atomic E-state index is 12.2. The Morgan fingerprint density at radius 2 is 1.88 bits per heavy atom. The van der Waals surface area contributed by atoms with Crippen LogP contribution in [0, 0.1) is 0 Å². The molecule has 1 aromatic rings. The zero-order chi connectivity index (χ0) is 17.3. The van der Waals surface area contributed by atoms with Crippen molar-refractivity contribution < 1.29 is 14.3 Å². The molecule has 0 saturated carbocycles. The van der Waals surface area contributed by atoms with Crippen LogP contribution < -0.4 is 4.74 Å². The normalized spacial score (nSPS) is 19.1. The summed E-state index contributed by atoms with van der Waals surface area (Å²) in [7, 11) is 1.70. The molecule has 0 unspecified atom stereocenters. The highest BCUT2D eigenvalue weighted by Crippen LogP contribution is 2.38. The predicted octanol–water partition coefficient (Wildman–Crippen LogP) is 3.34. The van der Waals surface area contributed by atoms with Crippen molar-refractivity contribution in [1.29, 1.82) is 0 Å². The first-order chi connectivity index (χ1) is 11.4. The second-order valence-corrected chi connectivity index (χ2v) is 7.79. The van der Waals surface area contributed by atoms with Crippen molar-refractivity contribution in [1.82, 2.24) is 14.7 Å². The van der Waals surface area contributed by atoms with E-state index in [0.717, 1.165) is 44.8 Å². The fourth-order valence-electron chi connectivity index (χ4n) is 3.73. The molecule has 1 fully saturated rings. The number of likely N-dealkylation sites (tertiary alicyclic amines) is 1. The van der Waals surface area contributed by atoms with Crippen molar-refractivity contribution in [2.75, 3.05) is 20.2 Å². The Balaban J connectivity index is 1.69. The number of fused-ring (bicyclic) bond motifs is 1. The first-order valence-electron chi connectivity index (χ1n) is 9.00. The maximum Gasteiger partial charge on any atom is 0.410 e. The van der Waals surface area contributed by atoms with E-state index in [1.807, 2.05) is 25.7 Å². The van der Waals surface area contributed by atoms with Crippen LogP contribution in [0.4, 0.5) is 4.79 Å². The minimum atomic E-state index is -0.442. The van der Waals surface area contributed by atoms with Gasteiger partial charge in [-0.2, -0.15) is 0 Å². The van der Waals surface area contributed by atoms with Crippen LogP contribution in [0.15, 0.2) is 0 Å². The van der Waals surface area contributed by atoms with Crippen LogP contribution in [0.2, 0.25) is 0 Å². The number of carbonyl (C=O) groups excluding carboxylic acids is 1. The van der Waals surface area contributed by atoms with Gasteiger partial charge in [-0.3, -0.25) is 4.68 Å². The smallest absolute Gasteiger partial charge is 0.410 e. The lowest BCUT2D eigenvalue weighted by Gasteiger charge is -2.33. The molecule has 1 saturated heterocycles. The van der Waals surface area contributed by atoms with E-state index in [1.54, 1.807) is 7.11 Å². The lowest BCUT2D eigenvalue weighted by atomic mass is 9.87. The molecule has 6 nitrogen and oxygen atoms in total. The third-order valence-corrected chi connectivity index (χ3v) is 4.85. The van der Waals surface area contributed by atoms with Crippen LogP contribution in [0.25, 0.3) is 0 Å². The zero-order valence-corrected chi connectivity index (χ0v) is 15.3. The summed E-state index contributed by atoms with van der Waals surface area (Å²) in [4.78, 5) is 14.0. The molecular weight excluding hydrogens is 306 g/mol. The number of hydrogen-bond acceptors (Lipinski definition) is 4. The van der Waals surface area contributed by atoms with E-state index >= 15 is 0 Å². The van der Waals surface area contributed by atoms with Gasteiger partial charge in [0.05, 0.1) is 7.11 Å². The van der Waals surface area contributed by atoms with Crippen LogP contribution in [-0.4, -0.2) is 46.6 Å². The van der Waals surface area contributed by atoms with Gasteiger partial charge in [-0.05, 0) is 58.8 Å². The summed E-state index contributed by atoms with van der Waals surface area (Å²) in [6.45, 7) is 8.16. The zero-order valence-electron chi connectivity index (χ0n) is 15.3. The highest BCUT2D eigenvalue weighted by Gasteiger charge is 2.32. The summed E-state index contributed by atoms with van der Waals surface area (Å²) in [5, 5.41) is 4.64. The molecule has 1 aromatic heterocycles. The van der Waals surface area contributed by atoms with Gasteiger partial charge >= 0.3 is 6.09 Å². The molecule has 3 rings (SSSR count). The number of carbonyl (C=O) groups is 1. The molecule has 134 valence electrons. The highest BCUT2D eigenvalue weighted by molar-refractivity contribution is 5.68. The first kappa shape index (κ1) is 17.1. The van der Waals surface area contributed by atoms with Crippen molar-refractivity contribution in [2.24, 2.45) is 0 Å². The maximum atomic E-state index is 12.2. The van der Waals surface area contributed by atoms with Gasteiger partial charge in [-0.15, -0.1) is 5.10 Å². The molecule has 0 radical (unpaired) electrons. The molecule has 0 aliphatic carbocycles. The third kappa shape index (κ3) is 3.52. The average molecular weight is 335 g/mol. The van der Waals surface area contributed by atoms with E-state index in [4.69, 9.17) is 9.47 Å². The molecule has 0 spiro atoms. The Bertz CT molecular complexity index is 595. The molecular formula is C18H29N3O3. The fourth-order valence-corrected chi connectivity index (χ4v) is 3.73. The van der Waals surface area contributed by atoms with E-state index in [9.17, 15) is 4.79 Å². The molecule has 1 amide bonds. The summed E-state index contributed by atoms with van der Waals surface area (Å²) in [6, 6.07) is 0. The van der Waals surface area contributed by atoms with E-state index in [1.165, 1.54) is 24.1 Å². The van der Waals surface area contributed by atoms with Gasteiger partial charge in [0.1, 0.15) is 5.60 Å². The van der Waals surface area contributed by atoms with E-state index < -0.39 is 5.60 Å². The number of nitrogens with zero attached hydrogens (tertiary/aromatic N) is 3. The SMILES string of the molecule is COc1nn2c(c1C1CCN(C(=O)OC(C)(C)C)CC1)CCCC2. The summed E-state index contributed by atoms with van der Waals surface area (Å²) >= 11 is 0. The predicted molar refractivity (Wildman–Crippen MR) is 91.5 cm³/mol. The Morgan fingerprint density at radius 1 is 1.17 bits per heavy atom. The van der Waals surface area contributed by atoms with E-state index in [2.05, 4.69) is 9.78 Å². The molecule has 0 N–H and O–H groups in total. The van der Waals surface area contributed by atoms with Crippen LogP contribution >= 0.6 is 0 Å². The van der Waals surface area contributed by atoms with Crippen molar-refractivity contribution in [2.45, 2.75) is 70.9 Å². The molecule has 24 heavy (non-hydrogen) atoms. The molecule has 6 heteroatoms. The highest BCUT2D eigenvalue weighted by atomic mass is 16.6. The van der Waals surface area contributed by atoms with Gasteiger partial charge in [0, 0.05) is 30.9 Å². The molecule has 2 aliphatic heterocycles. The van der Waals surface area contributed by atoms with Gasteiger partial charge < -0.3 is 14.4 Å². The monoisotopic (exact) mass is 335 g/mol. The van der Waals surface area contributed by atoms with Crippen LogP contribution in [0.5, 0.6) is 5.88 Å². The van der Waals surface area contributed by atoms with Gasteiger partial charge in [-0.25, -0.2) is 4.79 Å². The van der Waals surface area contributed by atoms with Crippen molar-refractivity contribution in [3.8, 4) is 5.88 Å². The first-order valence-corrected chi connectivity index (χ1v) is 9.00. The fraction of sp³-hybridized carbons (Fsp3) is 0.778. The van der Waals surface area contributed by atoms with E-state index in [0.29, 0.717) is 5.92 Å². The molecule has 0 atom stereocenters. The Morgan fingerprint density at radius 3 is 2.50 bits per heavy atom. The second kappa shape index (κ2) is 6.65. The van der Waals surface area contributed by atoms with Crippen molar-refractivity contribution in [3.63, 3.8) is 0 Å². The van der Waals surface area contributed by atoms with Crippen LogP contribution in [0.1, 0.15) is 63.6 Å². The topological polar surface area (TPSA) is 56.6 Å². The Hall–Kier alpha value is -1.72. The summed E-state index contributed by atoms with van der Waals surface area (Å²) in [5.74, 6) is 1.20. The lowest BCUT2D eigenvalue weighted by molar-refractivity contribution is 0.0204. The van der Waals surface area contributed by atoms with Gasteiger partial charge in [0.25, 0.3) is 0 Å². The van der Waals surface area contributed by atoms with Crippen molar-refractivity contribution >= 4 is 6.09 Å². The van der Waals surface area contributed by atoms with Crippen LogP contribution in [0.3, 0.4) is 0 Å². The summed E-state index contributed by atoms with van der Waals surface area (Å²) in [6.07, 6.45) is 5.16. The second-order valence-electron chi connectivity index (χ2n) is 7.79. The number of aromatic nitrogens is 2. The largest absolute Gasteiger partial charge is 0.480 e. The van der Waals surface area contributed by atoms with Gasteiger partial charge in [0.2, 0.25) is 5.88 Å². The molecule has 0 bridgehead atoms. The third-order valence-electron chi connectivity index (χ3n) is 4.85. The number of ether oxygens (including phenoxy) is 2. The number of hydrogen-bond donors (Lipinski definition) is 0. The molecule has 2 aliphatic rings.